The molecule has 2 aromatic rings. The molecule has 0 atom stereocenters. The van der Waals surface area contributed by atoms with Crippen molar-refractivity contribution in [1.29, 1.82) is 0 Å². The van der Waals surface area contributed by atoms with E-state index in [1.807, 2.05) is 6.07 Å². The fraction of sp³-hybridized carbons (Fsp3) is 0.455. The summed E-state index contributed by atoms with van der Waals surface area (Å²) in [5.74, 6) is 0.976. The van der Waals surface area contributed by atoms with Gasteiger partial charge < -0.3 is 9.73 Å². The number of hydrogen-bond acceptors (Lipinski definition) is 4. The van der Waals surface area contributed by atoms with E-state index < -0.39 is 0 Å². The zero-order chi connectivity index (χ0) is 11.2. The smallest absolute Gasteiger partial charge is 0.137 e. The first-order valence-electron chi connectivity index (χ1n) is 5.48. The number of hydrogen-bond donors (Lipinski definition) is 1. The Labute approximate surface area is 94.5 Å². The van der Waals surface area contributed by atoms with Gasteiger partial charge in [0.25, 0.3) is 0 Å². The maximum atomic E-state index is 5.44. The van der Waals surface area contributed by atoms with Gasteiger partial charge in [-0.2, -0.15) is 5.10 Å². The van der Waals surface area contributed by atoms with E-state index in [1.165, 1.54) is 6.33 Å². The molecule has 0 aliphatic heterocycles. The predicted molar refractivity (Wildman–Crippen MR) is 59.8 cm³/mol. The maximum Gasteiger partial charge on any atom is 0.137 e. The van der Waals surface area contributed by atoms with E-state index in [-0.39, 0.29) is 0 Å². The average molecular weight is 220 g/mol. The van der Waals surface area contributed by atoms with Gasteiger partial charge >= 0.3 is 0 Å². The second-order valence-corrected chi connectivity index (χ2v) is 3.64. The lowest BCUT2D eigenvalue weighted by atomic mass is 10.2. The molecule has 2 heterocycles. The highest BCUT2D eigenvalue weighted by Gasteiger charge is 2.06. The van der Waals surface area contributed by atoms with Crippen LogP contribution in [0.25, 0.3) is 0 Å². The van der Waals surface area contributed by atoms with Crippen molar-refractivity contribution in [2.75, 3.05) is 6.54 Å². The Bertz CT molecular complexity index is 407. The summed E-state index contributed by atoms with van der Waals surface area (Å²) in [5.41, 5.74) is 1.15. The van der Waals surface area contributed by atoms with Crippen molar-refractivity contribution >= 4 is 0 Å². The van der Waals surface area contributed by atoms with Gasteiger partial charge in [-0.1, -0.05) is 6.92 Å². The lowest BCUT2D eigenvalue weighted by molar-refractivity contribution is 0.475. The third-order valence-electron chi connectivity index (χ3n) is 2.35. The Balaban J connectivity index is 1.96. The van der Waals surface area contributed by atoms with Crippen LogP contribution >= 0.6 is 0 Å². The van der Waals surface area contributed by atoms with Gasteiger partial charge in [0.1, 0.15) is 18.4 Å². The molecule has 0 radical (unpaired) electrons. The maximum absolute atomic E-state index is 5.44. The molecule has 0 bridgehead atoms. The average Bonchev–Trinajstić information content (AvgIpc) is 2.92. The van der Waals surface area contributed by atoms with Crippen LogP contribution in [0.5, 0.6) is 0 Å². The largest absolute Gasteiger partial charge is 0.468 e. The number of furan rings is 1. The highest BCUT2D eigenvalue weighted by molar-refractivity contribution is 5.16. The molecule has 1 N–H and O–H groups in total. The Hall–Kier alpha value is -1.62. The van der Waals surface area contributed by atoms with Crippen molar-refractivity contribution < 1.29 is 4.42 Å². The molecule has 0 unspecified atom stereocenters. The van der Waals surface area contributed by atoms with Gasteiger partial charge in [-0.15, -0.1) is 0 Å². The van der Waals surface area contributed by atoms with E-state index in [0.717, 1.165) is 30.8 Å². The highest BCUT2D eigenvalue weighted by Crippen LogP contribution is 2.11. The Morgan fingerprint density at radius 1 is 1.50 bits per heavy atom. The number of nitrogens with one attached hydrogen (secondary N) is 1. The van der Waals surface area contributed by atoms with Gasteiger partial charge in [0.15, 0.2) is 0 Å². The Morgan fingerprint density at radius 2 is 2.44 bits per heavy atom. The lowest BCUT2D eigenvalue weighted by Crippen LogP contribution is -2.15. The molecule has 0 fully saturated rings. The van der Waals surface area contributed by atoms with Crippen LogP contribution in [-0.2, 0) is 13.1 Å². The van der Waals surface area contributed by atoms with Crippen LogP contribution in [0, 0.1) is 0 Å². The first-order chi connectivity index (χ1) is 7.90. The fourth-order valence-electron chi connectivity index (χ4n) is 1.53. The second kappa shape index (κ2) is 5.46. The van der Waals surface area contributed by atoms with Crippen molar-refractivity contribution in [3.05, 3.63) is 36.3 Å². The van der Waals surface area contributed by atoms with Crippen LogP contribution in [0.15, 0.2) is 29.4 Å². The summed E-state index contributed by atoms with van der Waals surface area (Å²) in [6.45, 7) is 4.62. The molecule has 16 heavy (non-hydrogen) atoms. The standard InChI is InChI=1S/C11H16N4O/c1-2-4-12-6-11-10(3-5-16-11)7-15-9-13-8-14-15/h3,5,8-9,12H,2,4,6-7H2,1H3. The van der Waals surface area contributed by atoms with Gasteiger partial charge in [0.05, 0.1) is 19.4 Å². The molecule has 0 aliphatic rings. The Morgan fingerprint density at radius 3 is 3.19 bits per heavy atom. The van der Waals surface area contributed by atoms with Crippen LogP contribution in [0.3, 0.4) is 0 Å². The van der Waals surface area contributed by atoms with Gasteiger partial charge in [0.2, 0.25) is 0 Å². The molecule has 2 aromatic heterocycles. The van der Waals surface area contributed by atoms with E-state index in [0.29, 0.717) is 6.54 Å². The summed E-state index contributed by atoms with van der Waals surface area (Å²) in [7, 11) is 0. The van der Waals surface area contributed by atoms with E-state index in [4.69, 9.17) is 4.42 Å². The molecule has 2 rings (SSSR count). The molecule has 86 valence electrons. The minimum atomic E-state index is 0.708. The van der Waals surface area contributed by atoms with E-state index >= 15 is 0 Å². The third kappa shape index (κ3) is 2.70. The third-order valence-corrected chi connectivity index (χ3v) is 2.35. The quantitative estimate of drug-likeness (QED) is 0.748. The van der Waals surface area contributed by atoms with Crippen LogP contribution in [-0.4, -0.2) is 21.3 Å². The van der Waals surface area contributed by atoms with Crippen LogP contribution in [0.2, 0.25) is 0 Å². The van der Waals surface area contributed by atoms with Crippen molar-refractivity contribution in [2.24, 2.45) is 0 Å². The monoisotopic (exact) mass is 220 g/mol. The Kier molecular flexibility index (Phi) is 3.71. The number of aromatic nitrogens is 3. The molecule has 0 aliphatic carbocycles. The summed E-state index contributed by atoms with van der Waals surface area (Å²) >= 11 is 0. The zero-order valence-electron chi connectivity index (χ0n) is 9.39. The SMILES string of the molecule is CCCNCc1occc1Cn1cncn1. The van der Waals surface area contributed by atoms with Gasteiger partial charge in [-0.25, -0.2) is 9.67 Å². The zero-order valence-corrected chi connectivity index (χ0v) is 9.39. The van der Waals surface area contributed by atoms with Gasteiger partial charge in [-0.05, 0) is 19.0 Å². The van der Waals surface area contributed by atoms with Gasteiger partial charge in [-0.3, -0.25) is 0 Å². The molecule has 0 spiro atoms. The van der Waals surface area contributed by atoms with Crippen LogP contribution in [0.1, 0.15) is 24.7 Å². The lowest BCUT2D eigenvalue weighted by Gasteiger charge is -2.03. The summed E-state index contributed by atoms with van der Waals surface area (Å²) in [6.07, 6.45) is 6.08. The summed E-state index contributed by atoms with van der Waals surface area (Å²) in [6, 6.07) is 1.98. The summed E-state index contributed by atoms with van der Waals surface area (Å²) in [5, 5.41) is 7.39. The first kappa shape index (κ1) is 10.9. The highest BCUT2D eigenvalue weighted by atomic mass is 16.3. The summed E-state index contributed by atoms with van der Waals surface area (Å²) in [4.78, 5) is 3.91. The second-order valence-electron chi connectivity index (χ2n) is 3.64. The molecule has 0 amide bonds. The normalized spacial score (nSPS) is 10.8. The minimum Gasteiger partial charge on any atom is -0.468 e. The van der Waals surface area contributed by atoms with E-state index in [9.17, 15) is 0 Å². The molecule has 5 nitrogen and oxygen atoms in total. The summed E-state index contributed by atoms with van der Waals surface area (Å²) < 4.78 is 7.22. The minimum absolute atomic E-state index is 0.708. The molecular weight excluding hydrogens is 204 g/mol. The molecule has 5 heteroatoms. The predicted octanol–water partition coefficient (Wildman–Crippen LogP) is 1.42. The van der Waals surface area contributed by atoms with Crippen molar-refractivity contribution in [3.8, 4) is 0 Å². The molecule has 0 aromatic carbocycles. The molecular formula is C11H16N4O. The first-order valence-corrected chi connectivity index (χ1v) is 5.48. The fourth-order valence-corrected chi connectivity index (χ4v) is 1.53. The van der Waals surface area contributed by atoms with E-state index in [1.54, 1.807) is 17.3 Å². The molecule has 0 saturated heterocycles. The van der Waals surface area contributed by atoms with Crippen molar-refractivity contribution in [1.82, 2.24) is 20.1 Å². The van der Waals surface area contributed by atoms with E-state index in [2.05, 4.69) is 22.3 Å². The molecule has 0 saturated carbocycles. The number of rotatable bonds is 6. The van der Waals surface area contributed by atoms with Crippen LogP contribution < -0.4 is 5.32 Å². The van der Waals surface area contributed by atoms with Crippen LogP contribution in [0.4, 0.5) is 0 Å². The topological polar surface area (TPSA) is 55.9 Å². The van der Waals surface area contributed by atoms with Gasteiger partial charge in [0, 0.05) is 5.56 Å². The number of nitrogens with zero attached hydrogens (tertiary/aromatic N) is 3. The van der Waals surface area contributed by atoms with Crippen molar-refractivity contribution in [3.63, 3.8) is 0 Å². The van der Waals surface area contributed by atoms with Crippen molar-refractivity contribution in [2.45, 2.75) is 26.4 Å².